The third-order valence-corrected chi connectivity index (χ3v) is 5.50. The van der Waals surface area contributed by atoms with Crippen molar-refractivity contribution in [3.05, 3.63) is 41.0 Å². The zero-order valence-electron chi connectivity index (χ0n) is 14.8. The van der Waals surface area contributed by atoms with Crippen LogP contribution in [0.5, 0.6) is 0 Å². The number of nitrogens with two attached hydrogens (primary N) is 1. The molecule has 0 fully saturated rings. The van der Waals surface area contributed by atoms with Gasteiger partial charge in [-0.3, -0.25) is 4.52 Å². The molecular weight excluding hydrogens is 418 g/mol. The smallest absolute Gasteiger partial charge is 0.322 e. The number of phosphoric acid groups is 1. The van der Waals surface area contributed by atoms with Gasteiger partial charge in [-0.05, 0) is 18.1 Å². The van der Waals surface area contributed by atoms with Crippen LogP contribution in [0.1, 0.15) is 29.6 Å². The lowest BCUT2D eigenvalue weighted by atomic mass is 10.0. The van der Waals surface area contributed by atoms with Crippen molar-refractivity contribution in [3.8, 4) is 10.4 Å². The molecule has 28 heavy (non-hydrogen) atoms. The van der Waals surface area contributed by atoms with Gasteiger partial charge in [-0.2, -0.15) is 0 Å². The van der Waals surface area contributed by atoms with E-state index in [2.05, 4.69) is 14.8 Å². The van der Waals surface area contributed by atoms with E-state index < -0.39 is 39.6 Å². The van der Waals surface area contributed by atoms with Crippen LogP contribution >= 0.6 is 19.2 Å². The monoisotopic (exact) mass is 439 g/mol. The first-order valence-electron chi connectivity index (χ1n) is 8.23. The van der Waals surface area contributed by atoms with Crippen LogP contribution < -0.4 is 11.1 Å². The lowest BCUT2D eigenvalue weighted by Crippen LogP contribution is -2.40. The molecule has 0 bridgehead atoms. The Morgan fingerprint density at radius 1 is 1.32 bits per heavy atom. The fourth-order valence-corrected chi connectivity index (χ4v) is 3.91. The summed E-state index contributed by atoms with van der Waals surface area (Å²) >= 11 is 1.39. The average molecular weight is 439 g/mol. The van der Waals surface area contributed by atoms with E-state index in [0.717, 1.165) is 15.4 Å². The van der Waals surface area contributed by atoms with Crippen LogP contribution in [0, 0.1) is 0 Å². The van der Waals surface area contributed by atoms with Crippen molar-refractivity contribution < 1.29 is 32.0 Å². The Morgan fingerprint density at radius 3 is 2.43 bits per heavy atom. The molecule has 0 radical (unpaired) electrons. The van der Waals surface area contributed by atoms with Crippen LogP contribution in [-0.2, 0) is 9.09 Å². The Balaban J connectivity index is 2.27. The van der Waals surface area contributed by atoms with E-state index in [-0.39, 0.29) is 11.6 Å². The van der Waals surface area contributed by atoms with Crippen molar-refractivity contribution >= 4 is 19.2 Å². The molecule has 0 aliphatic carbocycles. The maximum atomic E-state index is 13.4. The Hall–Kier alpha value is -1.33. The highest BCUT2D eigenvalue weighted by Crippen LogP contribution is 2.44. The van der Waals surface area contributed by atoms with Crippen molar-refractivity contribution in [2.45, 2.75) is 31.5 Å². The van der Waals surface area contributed by atoms with Crippen molar-refractivity contribution in [1.29, 1.82) is 0 Å². The summed E-state index contributed by atoms with van der Waals surface area (Å²) in [4.78, 5) is 23.3. The molecule has 0 aliphatic rings. The van der Waals surface area contributed by atoms with Gasteiger partial charge >= 0.3 is 7.82 Å². The summed E-state index contributed by atoms with van der Waals surface area (Å²) < 4.78 is 54.2. The summed E-state index contributed by atoms with van der Waals surface area (Å²) in [5.41, 5.74) is 6.78. The topological polar surface area (TPSA) is 118 Å². The predicted molar refractivity (Wildman–Crippen MR) is 99.8 cm³/mol. The summed E-state index contributed by atoms with van der Waals surface area (Å²) in [5.74, 6) is 0. The molecular formula is C16H21F3N3O4PS. The number of alkyl halides is 3. The molecule has 0 spiro atoms. The van der Waals surface area contributed by atoms with Gasteiger partial charge in [-0.1, -0.05) is 24.3 Å². The lowest BCUT2D eigenvalue weighted by molar-refractivity contribution is 0.0783. The highest BCUT2D eigenvalue weighted by molar-refractivity contribution is 7.46. The summed E-state index contributed by atoms with van der Waals surface area (Å²) in [6.07, 6.45) is -2.56. The number of rotatable bonds is 10. The molecule has 7 nitrogen and oxygen atoms in total. The van der Waals surface area contributed by atoms with Gasteiger partial charge in [0.25, 0.3) is 6.43 Å². The molecule has 3 atom stereocenters. The van der Waals surface area contributed by atoms with Gasteiger partial charge in [-0.15, -0.1) is 11.3 Å². The van der Waals surface area contributed by atoms with E-state index in [1.165, 1.54) is 23.5 Å². The molecule has 1 heterocycles. The molecule has 156 valence electrons. The van der Waals surface area contributed by atoms with Crippen LogP contribution in [0.3, 0.4) is 0 Å². The Kier molecular flexibility index (Phi) is 8.14. The molecule has 1 aromatic carbocycles. The van der Waals surface area contributed by atoms with Crippen LogP contribution in [-0.4, -0.2) is 40.5 Å². The van der Waals surface area contributed by atoms with Crippen molar-refractivity contribution in [1.82, 2.24) is 10.3 Å². The number of nitrogens with one attached hydrogen (secondary N) is 1. The SMILES string of the molecule is CC(N)c1ncc(-c2ccc([C@@H](OP(=O)(O)O)[C@@H](CF)NCC(F)F)cc2)s1. The highest BCUT2D eigenvalue weighted by Gasteiger charge is 2.31. The normalized spacial score (nSPS) is 15.6. The zero-order valence-corrected chi connectivity index (χ0v) is 16.5. The second-order valence-electron chi connectivity index (χ2n) is 6.05. The summed E-state index contributed by atoms with van der Waals surface area (Å²) in [5, 5.41) is 2.98. The molecule has 12 heteroatoms. The minimum Gasteiger partial charge on any atom is -0.322 e. The van der Waals surface area contributed by atoms with E-state index >= 15 is 0 Å². The van der Waals surface area contributed by atoms with Crippen LogP contribution in [0.15, 0.2) is 30.5 Å². The van der Waals surface area contributed by atoms with E-state index in [1.807, 2.05) is 0 Å². The molecule has 1 unspecified atom stereocenters. The number of benzene rings is 1. The molecule has 0 saturated carbocycles. The van der Waals surface area contributed by atoms with E-state index in [9.17, 15) is 17.7 Å². The summed E-state index contributed by atoms with van der Waals surface area (Å²) in [6.45, 7) is -0.195. The molecule has 2 rings (SSSR count). The van der Waals surface area contributed by atoms with Crippen LogP contribution in [0.25, 0.3) is 10.4 Å². The Labute approximate surface area is 164 Å². The van der Waals surface area contributed by atoms with Crippen LogP contribution in [0.2, 0.25) is 0 Å². The molecule has 5 N–H and O–H groups in total. The Morgan fingerprint density at radius 2 is 1.96 bits per heavy atom. The number of nitrogens with zero attached hydrogens (tertiary/aromatic N) is 1. The zero-order chi connectivity index (χ0) is 20.9. The number of hydrogen-bond acceptors (Lipinski definition) is 6. The second kappa shape index (κ2) is 9.93. The van der Waals surface area contributed by atoms with Gasteiger partial charge < -0.3 is 20.8 Å². The van der Waals surface area contributed by atoms with Gasteiger partial charge in [0.05, 0.1) is 23.5 Å². The standard InChI is InChI=1S/C16H21F3N3O4PS/c1-9(20)16-22-7-13(28-16)10-2-4-11(5-3-10)15(26-27(23,24)25)12(6-17)21-8-14(18)19/h2-5,7,9,12,14-15,21H,6,8,20H2,1H3,(H2,23,24,25)/t9?,12-,15-/m1/s1. The average Bonchev–Trinajstić information content (AvgIpc) is 3.10. The first-order chi connectivity index (χ1) is 13.1. The Bertz CT molecular complexity index is 801. The van der Waals surface area contributed by atoms with E-state index in [0.29, 0.717) is 0 Å². The van der Waals surface area contributed by atoms with Crippen molar-refractivity contribution in [2.75, 3.05) is 13.2 Å². The first-order valence-corrected chi connectivity index (χ1v) is 10.6. The molecule has 0 saturated heterocycles. The van der Waals surface area contributed by atoms with Gasteiger partial charge in [0.15, 0.2) is 0 Å². The predicted octanol–water partition coefficient (Wildman–Crippen LogP) is 3.17. The quantitative estimate of drug-likeness (QED) is 0.420. The minimum atomic E-state index is -5.00. The fourth-order valence-electron chi connectivity index (χ4n) is 2.47. The van der Waals surface area contributed by atoms with Gasteiger partial charge in [0, 0.05) is 6.20 Å². The number of aromatic nitrogens is 1. The van der Waals surface area contributed by atoms with Gasteiger partial charge in [-0.25, -0.2) is 22.7 Å². The first kappa shape index (κ1) is 23.0. The highest BCUT2D eigenvalue weighted by atomic mass is 32.1. The maximum absolute atomic E-state index is 13.4. The molecule has 0 amide bonds. The summed E-state index contributed by atoms with van der Waals surface area (Å²) in [6, 6.07) is 4.70. The third-order valence-electron chi connectivity index (χ3n) is 3.75. The van der Waals surface area contributed by atoms with Crippen molar-refractivity contribution in [2.24, 2.45) is 5.73 Å². The van der Waals surface area contributed by atoms with Gasteiger partial charge in [0.1, 0.15) is 17.8 Å². The van der Waals surface area contributed by atoms with Crippen LogP contribution in [0.4, 0.5) is 13.2 Å². The fraction of sp³-hybridized carbons (Fsp3) is 0.438. The summed E-state index contributed by atoms with van der Waals surface area (Å²) in [7, 11) is -5.00. The molecule has 2 aromatic rings. The number of halogens is 3. The molecule has 0 aliphatic heterocycles. The van der Waals surface area contributed by atoms with Crippen molar-refractivity contribution in [3.63, 3.8) is 0 Å². The minimum absolute atomic E-state index is 0.217. The number of phosphoric ester groups is 1. The number of thiazole rings is 1. The number of hydrogen-bond donors (Lipinski definition) is 4. The largest absolute Gasteiger partial charge is 0.470 e. The lowest BCUT2D eigenvalue weighted by Gasteiger charge is -2.26. The van der Waals surface area contributed by atoms with E-state index in [1.54, 1.807) is 25.3 Å². The third kappa shape index (κ3) is 6.63. The molecule has 1 aromatic heterocycles. The maximum Gasteiger partial charge on any atom is 0.470 e. The van der Waals surface area contributed by atoms with Gasteiger partial charge in [0.2, 0.25) is 0 Å². The second-order valence-corrected chi connectivity index (χ2v) is 8.30. The van der Waals surface area contributed by atoms with E-state index in [4.69, 9.17) is 15.5 Å².